The normalized spacial score (nSPS) is 12.6. The molecule has 0 aromatic heterocycles. The van der Waals surface area contributed by atoms with Crippen LogP contribution in [-0.4, -0.2) is 6.04 Å². The molecule has 3 heteroatoms. The van der Waals surface area contributed by atoms with Crippen molar-refractivity contribution in [2.24, 2.45) is 5.73 Å². The Morgan fingerprint density at radius 1 is 1.64 bits per heavy atom. The second-order valence-electron chi connectivity index (χ2n) is 3.37. The molecule has 0 heterocycles. The number of rotatable bonds is 3. The molecule has 0 aliphatic rings. The van der Waals surface area contributed by atoms with Gasteiger partial charge in [0.25, 0.3) is 0 Å². The van der Waals surface area contributed by atoms with Gasteiger partial charge in [-0.2, -0.15) is 0 Å². The quantitative estimate of drug-likeness (QED) is 0.768. The zero-order valence-electron chi connectivity index (χ0n) is 8.06. The van der Waals surface area contributed by atoms with E-state index in [4.69, 9.17) is 17.3 Å². The Morgan fingerprint density at radius 2 is 2.29 bits per heavy atom. The maximum Gasteiger partial charge on any atom is 0.145 e. The van der Waals surface area contributed by atoms with Crippen LogP contribution in [0.2, 0.25) is 5.02 Å². The Kier molecular flexibility index (Phi) is 3.67. The summed E-state index contributed by atoms with van der Waals surface area (Å²) in [4.78, 5) is 0. The van der Waals surface area contributed by atoms with Gasteiger partial charge in [-0.3, -0.25) is 0 Å². The largest absolute Gasteiger partial charge is 0.324 e. The molecule has 1 unspecified atom stereocenters. The summed E-state index contributed by atoms with van der Waals surface area (Å²) in [5.41, 5.74) is 7.13. The van der Waals surface area contributed by atoms with Gasteiger partial charge in [-0.25, -0.2) is 4.39 Å². The van der Waals surface area contributed by atoms with Crippen molar-refractivity contribution in [3.63, 3.8) is 0 Å². The van der Waals surface area contributed by atoms with E-state index in [1.54, 1.807) is 12.1 Å². The van der Waals surface area contributed by atoms with Gasteiger partial charge in [0.2, 0.25) is 0 Å². The lowest BCUT2D eigenvalue weighted by Gasteiger charge is -2.12. The molecule has 1 aromatic carbocycles. The maximum absolute atomic E-state index is 13.4. The smallest absolute Gasteiger partial charge is 0.145 e. The van der Waals surface area contributed by atoms with Crippen molar-refractivity contribution in [3.8, 4) is 0 Å². The van der Waals surface area contributed by atoms with Crippen LogP contribution in [0.5, 0.6) is 0 Å². The van der Waals surface area contributed by atoms with E-state index >= 15 is 0 Å². The van der Waals surface area contributed by atoms with Crippen LogP contribution in [0.3, 0.4) is 0 Å². The van der Waals surface area contributed by atoms with Gasteiger partial charge in [0.15, 0.2) is 0 Å². The SMILES string of the molecule is C=C(C)C(N)Cc1cccc(Cl)c1F. The standard InChI is InChI=1S/C11H13ClFN/c1-7(2)10(14)6-8-4-3-5-9(12)11(8)13/h3-5,10H,1,6,14H2,2H3. The molecule has 0 fully saturated rings. The van der Waals surface area contributed by atoms with Gasteiger partial charge in [0, 0.05) is 6.04 Å². The van der Waals surface area contributed by atoms with Gasteiger partial charge in [0.1, 0.15) is 5.82 Å². The Balaban J connectivity index is 2.87. The van der Waals surface area contributed by atoms with Crippen molar-refractivity contribution >= 4 is 11.6 Å². The predicted molar refractivity (Wildman–Crippen MR) is 57.9 cm³/mol. The first-order chi connectivity index (χ1) is 6.52. The van der Waals surface area contributed by atoms with Gasteiger partial charge in [-0.1, -0.05) is 35.9 Å². The Morgan fingerprint density at radius 3 is 2.86 bits per heavy atom. The molecule has 0 spiro atoms. The minimum Gasteiger partial charge on any atom is -0.324 e. The van der Waals surface area contributed by atoms with Crippen LogP contribution >= 0.6 is 11.6 Å². The summed E-state index contributed by atoms with van der Waals surface area (Å²) in [7, 11) is 0. The van der Waals surface area contributed by atoms with E-state index in [1.165, 1.54) is 6.07 Å². The third-order valence-electron chi connectivity index (χ3n) is 2.10. The van der Waals surface area contributed by atoms with Crippen LogP contribution in [0, 0.1) is 5.82 Å². The third kappa shape index (κ3) is 2.56. The second-order valence-corrected chi connectivity index (χ2v) is 3.78. The summed E-state index contributed by atoms with van der Waals surface area (Å²) in [5, 5.41) is 0.136. The van der Waals surface area contributed by atoms with E-state index in [0.29, 0.717) is 12.0 Å². The topological polar surface area (TPSA) is 26.0 Å². The fourth-order valence-corrected chi connectivity index (χ4v) is 1.31. The average Bonchev–Trinajstić information content (AvgIpc) is 2.12. The lowest BCUT2D eigenvalue weighted by molar-refractivity contribution is 0.600. The lowest BCUT2D eigenvalue weighted by Crippen LogP contribution is -2.24. The van der Waals surface area contributed by atoms with Crippen molar-refractivity contribution in [3.05, 3.63) is 46.8 Å². The van der Waals surface area contributed by atoms with Gasteiger partial charge >= 0.3 is 0 Å². The van der Waals surface area contributed by atoms with Crippen molar-refractivity contribution in [1.82, 2.24) is 0 Å². The van der Waals surface area contributed by atoms with Crippen molar-refractivity contribution < 1.29 is 4.39 Å². The number of nitrogens with two attached hydrogens (primary N) is 1. The molecule has 0 aliphatic carbocycles. The highest BCUT2D eigenvalue weighted by Crippen LogP contribution is 2.19. The molecule has 0 bridgehead atoms. The molecule has 1 nitrogen and oxygen atoms in total. The molecule has 0 saturated heterocycles. The molecule has 1 atom stereocenters. The van der Waals surface area contributed by atoms with Crippen LogP contribution in [0.15, 0.2) is 30.4 Å². The molecule has 0 radical (unpaired) electrons. The van der Waals surface area contributed by atoms with E-state index in [-0.39, 0.29) is 16.9 Å². The van der Waals surface area contributed by atoms with E-state index in [2.05, 4.69) is 6.58 Å². The van der Waals surface area contributed by atoms with Crippen molar-refractivity contribution in [2.45, 2.75) is 19.4 Å². The minimum atomic E-state index is -0.383. The zero-order valence-corrected chi connectivity index (χ0v) is 8.81. The number of halogens is 2. The van der Waals surface area contributed by atoms with Crippen LogP contribution in [0.25, 0.3) is 0 Å². The highest BCUT2D eigenvalue weighted by atomic mass is 35.5. The van der Waals surface area contributed by atoms with Crippen molar-refractivity contribution in [2.75, 3.05) is 0 Å². The van der Waals surface area contributed by atoms with E-state index in [1.807, 2.05) is 6.92 Å². The summed E-state index contributed by atoms with van der Waals surface area (Å²) in [6.45, 7) is 5.55. The maximum atomic E-state index is 13.4. The number of hydrogen-bond donors (Lipinski definition) is 1. The summed E-state index contributed by atoms with van der Waals surface area (Å²) in [6.07, 6.45) is 0.432. The predicted octanol–water partition coefficient (Wildman–Crippen LogP) is 2.93. The first kappa shape index (κ1) is 11.2. The van der Waals surface area contributed by atoms with Crippen LogP contribution in [0.1, 0.15) is 12.5 Å². The Bertz CT molecular complexity index is 349. The highest BCUT2D eigenvalue weighted by molar-refractivity contribution is 6.30. The van der Waals surface area contributed by atoms with Crippen LogP contribution in [-0.2, 0) is 6.42 Å². The molecule has 1 rings (SSSR count). The molecule has 2 N–H and O–H groups in total. The first-order valence-electron chi connectivity index (χ1n) is 4.36. The Hall–Kier alpha value is -0.860. The van der Waals surface area contributed by atoms with Crippen LogP contribution in [0.4, 0.5) is 4.39 Å². The molecule has 0 amide bonds. The highest BCUT2D eigenvalue weighted by Gasteiger charge is 2.10. The van der Waals surface area contributed by atoms with Gasteiger partial charge < -0.3 is 5.73 Å². The summed E-state index contributed by atoms with van der Waals surface area (Å²) in [5.74, 6) is -0.383. The van der Waals surface area contributed by atoms with Crippen molar-refractivity contribution in [1.29, 1.82) is 0 Å². The van der Waals surface area contributed by atoms with Gasteiger partial charge in [-0.15, -0.1) is 0 Å². The number of hydrogen-bond acceptors (Lipinski definition) is 1. The molecular formula is C11H13ClFN. The van der Waals surface area contributed by atoms with Crippen LogP contribution < -0.4 is 5.73 Å². The summed E-state index contributed by atoms with van der Waals surface area (Å²) in [6, 6.07) is 4.70. The molecule has 14 heavy (non-hydrogen) atoms. The molecule has 1 aromatic rings. The molecular weight excluding hydrogens is 201 g/mol. The average molecular weight is 214 g/mol. The van der Waals surface area contributed by atoms with E-state index < -0.39 is 0 Å². The van der Waals surface area contributed by atoms with Gasteiger partial charge in [-0.05, 0) is 25.0 Å². The molecule has 0 saturated carbocycles. The van der Waals surface area contributed by atoms with E-state index in [0.717, 1.165) is 5.57 Å². The number of benzene rings is 1. The summed E-state index contributed by atoms with van der Waals surface area (Å²) >= 11 is 5.64. The first-order valence-corrected chi connectivity index (χ1v) is 4.74. The fraction of sp³-hybridized carbons (Fsp3) is 0.273. The summed E-state index contributed by atoms with van der Waals surface area (Å²) < 4.78 is 13.4. The van der Waals surface area contributed by atoms with Gasteiger partial charge in [0.05, 0.1) is 5.02 Å². The zero-order chi connectivity index (χ0) is 10.7. The monoisotopic (exact) mass is 213 g/mol. The lowest BCUT2D eigenvalue weighted by atomic mass is 10.0. The molecule has 0 aliphatic heterocycles. The second kappa shape index (κ2) is 4.58. The fourth-order valence-electron chi connectivity index (χ4n) is 1.12. The minimum absolute atomic E-state index is 0.136. The third-order valence-corrected chi connectivity index (χ3v) is 2.40. The van der Waals surface area contributed by atoms with E-state index in [9.17, 15) is 4.39 Å². The Labute approximate surface area is 88.4 Å². The molecule has 76 valence electrons.